The maximum atomic E-state index is 12.8. The van der Waals surface area contributed by atoms with Gasteiger partial charge in [-0.1, -0.05) is 284 Å². The number of ether oxygens (including phenoxy) is 3. The Balaban J connectivity index is 4.21. The van der Waals surface area contributed by atoms with E-state index in [1.54, 1.807) is 0 Å². The molecule has 0 N–H and O–H groups in total. The van der Waals surface area contributed by atoms with Gasteiger partial charge in [0.2, 0.25) is 0 Å². The van der Waals surface area contributed by atoms with E-state index in [4.69, 9.17) is 14.2 Å². The van der Waals surface area contributed by atoms with E-state index in [-0.39, 0.29) is 31.1 Å². The zero-order chi connectivity index (χ0) is 45.1. The fourth-order valence-corrected chi connectivity index (χ4v) is 8.62. The van der Waals surface area contributed by atoms with Crippen LogP contribution < -0.4 is 0 Å². The molecular weight excluding hydrogens is 769 g/mol. The molecule has 0 aromatic heterocycles. The number of hydrogen-bond acceptors (Lipinski definition) is 6. The molecule has 0 aliphatic carbocycles. The second-order valence-electron chi connectivity index (χ2n) is 19.2. The lowest BCUT2D eigenvalue weighted by Gasteiger charge is -2.18. The zero-order valence-electron chi connectivity index (χ0n) is 42.2. The standard InChI is InChI=1S/C56H108O6/c1-4-7-10-13-16-19-21-23-25-27-29-31-33-35-38-41-44-47-50-56(59)62-53(51-60-54(57)48-45-42-39-36-18-15-12-9-6-3)52-61-55(58)49-46-43-40-37-34-32-30-28-26-24-22-20-17-14-11-8-5-2/h53H,4-52H2,1-3H3/t53-/m0/s1. The van der Waals surface area contributed by atoms with Crippen molar-refractivity contribution in [2.75, 3.05) is 13.2 Å². The smallest absolute Gasteiger partial charge is 0.306 e. The monoisotopic (exact) mass is 877 g/mol. The predicted molar refractivity (Wildman–Crippen MR) is 266 cm³/mol. The van der Waals surface area contributed by atoms with Crippen LogP contribution in [0.1, 0.15) is 323 Å². The van der Waals surface area contributed by atoms with Crippen LogP contribution in [0.2, 0.25) is 0 Å². The lowest BCUT2D eigenvalue weighted by Crippen LogP contribution is -2.30. The summed E-state index contributed by atoms with van der Waals surface area (Å²) in [5.74, 6) is -0.838. The lowest BCUT2D eigenvalue weighted by molar-refractivity contribution is -0.167. The highest BCUT2D eigenvalue weighted by Gasteiger charge is 2.19. The van der Waals surface area contributed by atoms with Crippen LogP contribution in [-0.2, 0) is 28.6 Å². The van der Waals surface area contributed by atoms with E-state index < -0.39 is 6.10 Å². The molecular formula is C56H108O6. The Labute approximate surface area is 387 Å². The summed E-state index contributed by atoms with van der Waals surface area (Å²) in [7, 11) is 0. The Morgan fingerprint density at radius 2 is 0.435 bits per heavy atom. The van der Waals surface area contributed by atoms with Crippen molar-refractivity contribution in [1.82, 2.24) is 0 Å². The molecule has 1 atom stereocenters. The van der Waals surface area contributed by atoms with Crippen molar-refractivity contribution in [3.63, 3.8) is 0 Å². The van der Waals surface area contributed by atoms with E-state index in [0.717, 1.165) is 57.8 Å². The third kappa shape index (κ3) is 49.4. The van der Waals surface area contributed by atoms with Crippen molar-refractivity contribution in [2.24, 2.45) is 0 Å². The molecule has 0 aromatic carbocycles. The molecule has 0 unspecified atom stereocenters. The summed E-state index contributed by atoms with van der Waals surface area (Å²) >= 11 is 0. The maximum absolute atomic E-state index is 12.8. The maximum Gasteiger partial charge on any atom is 0.306 e. The van der Waals surface area contributed by atoms with Crippen LogP contribution in [0.15, 0.2) is 0 Å². The van der Waals surface area contributed by atoms with Gasteiger partial charge >= 0.3 is 17.9 Å². The first-order chi connectivity index (χ1) is 30.5. The second-order valence-corrected chi connectivity index (χ2v) is 19.2. The largest absolute Gasteiger partial charge is 0.462 e. The Kier molecular flexibility index (Phi) is 50.7. The van der Waals surface area contributed by atoms with E-state index in [1.165, 1.54) is 225 Å². The fraction of sp³-hybridized carbons (Fsp3) is 0.946. The summed E-state index contributed by atoms with van der Waals surface area (Å²) in [6.07, 6.45) is 56.7. The Hall–Kier alpha value is -1.59. The van der Waals surface area contributed by atoms with Crippen LogP contribution in [0, 0.1) is 0 Å². The summed E-state index contributed by atoms with van der Waals surface area (Å²) in [6, 6.07) is 0. The highest BCUT2D eigenvalue weighted by atomic mass is 16.6. The third-order valence-corrected chi connectivity index (χ3v) is 12.9. The first-order valence-electron chi connectivity index (χ1n) is 28.0. The predicted octanol–water partition coefficient (Wildman–Crippen LogP) is 18.4. The molecule has 0 aromatic rings. The highest BCUT2D eigenvalue weighted by Crippen LogP contribution is 2.17. The average Bonchev–Trinajstić information content (AvgIpc) is 3.27. The molecule has 0 saturated carbocycles. The first kappa shape index (κ1) is 60.4. The molecule has 6 heteroatoms. The highest BCUT2D eigenvalue weighted by molar-refractivity contribution is 5.71. The van der Waals surface area contributed by atoms with Gasteiger partial charge in [0.1, 0.15) is 13.2 Å². The Bertz CT molecular complexity index is 920. The molecule has 0 bridgehead atoms. The normalized spacial score (nSPS) is 11.9. The number of carbonyl (C=O) groups is 3. The van der Waals surface area contributed by atoms with E-state index in [2.05, 4.69) is 20.8 Å². The van der Waals surface area contributed by atoms with E-state index >= 15 is 0 Å². The molecule has 62 heavy (non-hydrogen) atoms. The molecule has 368 valence electrons. The van der Waals surface area contributed by atoms with Crippen molar-refractivity contribution in [2.45, 2.75) is 329 Å². The van der Waals surface area contributed by atoms with Gasteiger partial charge < -0.3 is 14.2 Å². The van der Waals surface area contributed by atoms with Crippen LogP contribution in [0.3, 0.4) is 0 Å². The van der Waals surface area contributed by atoms with Gasteiger partial charge in [-0.05, 0) is 19.3 Å². The van der Waals surface area contributed by atoms with Crippen LogP contribution >= 0.6 is 0 Å². The van der Waals surface area contributed by atoms with Gasteiger partial charge in [-0.3, -0.25) is 14.4 Å². The van der Waals surface area contributed by atoms with Gasteiger partial charge in [-0.2, -0.15) is 0 Å². The summed E-state index contributed by atoms with van der Waals surface area (Å²) in [6.45, 7) is 6.68. The summed E-state index contributed by atoms with van der Waals surface area (Å²) in [4.78, 5) is 38.0. The summed E-state index contributed by atoms with van der Waals surface area (Å²) in [5, 5.41) is 0. The second kappa shape index (κ2) is 52.0. The molecule has 0 rings (SSSR count). The molecule has 0 spiro atoms. The SMILES string of the molecule is CCCCCCCCCCCCCCCCCCCCC(=O)O[C@@H](COC(=O)CCCCCCCCCCC)COC(=O)CCCCCCCCCCCCCCCCCCC. The molecule has 0 aliphatic heterocycles. The summed E-state index contributed by atoms with van der Waals surface area (Å²) in [5.41, 5.74) is 0. The summed E-state index contributed by atoms with van der Waals surface area (Å²) < 4.78 is 16.8. The molecule has 0 heterocycles. The van der Waals surface area contributed by atoms with Crippen molar-refractivity contribution in [3.05, 3.63) is 0 Å². The third-order valence-electron chi connectivity index (χ3n) is 12.9. The van der Waals surface area contributed by atoms with E-state index in [1.807, 2.05) is 0 Å². The first-order valence-corrected chi connectivity index (χ1v) is 28.0. The Morgan fingerprint density at radius 1 is 0.258 bits per heavy atom. The molecule has 6 nitrogen and oxygen atoms in total. The number of esters is 3. The number of rotatable bonds is 52. The average molecular weight is 877 g/mol. The van der Waals surface area contributed by atoms with Crippen molar-refractivity contribution in [1.29, 1.82) is 0 Å². The van der Waals surface area contributed by atoms with E-state index in [0.29, 0.717) is 19.3 Å². The lowest BCUT2D eigenvalue weighted by atomic mass is 10.0. The van der Waals surface area contributed by atoms with Gasteiger partial charge in [0.05, 0.1) is 0 Å². The van der Waals surface area contributed by atoms with Gasteiger partial charge in [-0.25, -0.2) is 0 Å². The number of unbranched alkanes of at least 4 members (excludes halogenated alkanes) is 41. The topological polar surface area (TPSA) is 78.9 Å². The Morgan fingerprint density at radius 3 is 0.645 bits per heavy atom. The van der Waals surface area contributed by atoms with Crippen LogP contribution in [0.25, 0.3) is 0 Å². The van der Waals surface area contributed by atoms with Crippen molar-refractivity contribution < 1.29 is 28.6 Å². The van der Waals surface area contributed by atoms with E-state index in [9.17, 15) is 14.4 Å². The number of hydrogen-bond donors (Lipinski definition) is 0. The van der Waals surface area contributed by atoms with Crippen LogP contribution in [0.4, 0.5) is 0 Å². The zero-order valence-corrected chi connectivity index (χ0v) is 42.2. The van der Waals surface area contributed by atoms with Gasteiger partial charge in [0.15, 0.2) is 6.10 Å². The van der Waals surface area contributed by atoms with Gasteiger partial charge in [0.25, 0.3) is 0 Å². The minimum Gasteiger partial charge on any atom is -0.462 e. The minimum atomic E-state index is -0.760. The fourth-order valence-electron chi connectivity index (χ4n) is 8.62. The molecule has 0 fully saturated rings. The molecule has 0 amide bonds. The van der Waals surface area contributed by atoms with Crippen LogP contribution in [-0.4, -0.2) is 37.2 Å². The van der Waals surface area contributed by atoms with Crippen molar-refractivity contribution >= 4 is 17.9 Å². The molecule has 0 saturated heterocycles. The van der Waals surface area contributed by atoms with Gasteiger partial charge in [-0.15, -0.1) is 0 Å². The molecule has 0 aliphatic rings. The quantitative estimate of drug-likeness (QED) is 0.0344. The van der Waals surface area contributed by atoms with Crippen molar-refractivity contribution in [3.8, 4) is 0 Å². The minimum absolute atomic E-state index is 0.0615. The van der Waals surface area contributed by atoms with Gasteiger partial charge in [0, 0.05) is 19.3 Å². The number of carbonyl (C=O) groups excluding carboxylic acids is 3. The van der Waals surface area contributed by atoms with Crippen LogP contribution in [0.5, 0.6) is 0 Å². The molecule has 0 radical (unpaired) electrons.